The predicted octanol–water partition coefficient (Wildman–Crippen LogP) is 5.24. The molecular formula is C28H22N2O7. The molecule has 1 aromatic heterocycles. The van der Waals surface area contributed by atoms with Gasteiger partial charge in [0.15, 0.2) is 5.43 Å². The smallest absolute Gasteiger partial charge is 0.338 e. The Balaban J connectivity index is 1.71. The minimum atomic E-state index is -0.890. The van der Waals surface area contributed by atoms with Crippen molar-refractivity contribution in [1.29, 1.82) is 0 Å². The molecule has 0 N–H and O–H groups in total. The zero-order valence-corrected chi connectivity index (χ0v) is 20.3. The largest absolute Gasteiger partial charge is 0.462 e. The van der Waals surface area contributed by atoms with Gasteiger partial charge in [-0.2, -0.15) is 0 Å². The minimum Gasteiger partial charge on any atom is -0.462 e. The molecular weight excluding hydrogens is 476 g/mol. The van der Waals surface area contributed by atoms with E-state index in [4.69, 9.17) is 9.15 Å². The van der Waals surface area contributed by atoms with Crippen LogP contribution in [-0.2, 0) is 4.74 Å². The molecule has 1 amide bonds. The van der Waals surface area contributed by atoms with Gasteiger partial charge in [-0.1, -0.05) is 0 Å². The van der Waals surface area contributed by atoms with Crippen molar-refractivity contribution in [3.63, 3.8) is 0 Å². The highest BCUT2D eigenvalue weighted by atomic mass is 16.6. The predicted molar refractivity (Wildman–Crippen MR) is 136 cm³/mol. The number of hydrogen-bond donors (Lipinski definition) is 0. The number of esters is 1. The van der Waals surface area contributed by atoms with E-state index >= 15 is 0 Å². The molecule has 0 fully saturated rings. The second-order valence-electron chi connectivity index (χ2n) is 8.80. The Labute approximate surface area is 211 Å². The van der Waals surface area contributed by atoms with Gasteiger partial charge in [-0.05, 0) is 86.0 Å². The van der Waals surface area contributed by atoms with Gasteiger partial charge < -0.3 is 9.15 Å². The number of benzene rings is 3. The molecule has 0 bridgehead atoms. The normalized spacial score (nSPS) is 14.6. The number of carbonyl (C=O) groups is 2. The van der Waals surface area contributed by atoms with E-state index in [-0.39, 0.29) is 29.0 Å². The van der Waals surface area contributed by atoms with Crippen LogP contribution in [0.1, 0.15) is 56.1 Å². The van der Waals surface area contributed by atoms with Crippen LogP contribution in [0, 0.1) is 24.0 Å². The van der Waals surface area contributed by atoms with Crippen molar-refractivity contribution < 1.29 is 23.7 Å². The lowest BCUT2D eigenvalue weighted by Crippen LogP contribution is -2.29. The molecule has 37 heavy (non-hydrogen) atoms. The van der Waals surface area contributed by atoms with Gasteiger partial charge in [0, 0.05) is 17.8 Å². The molecule has 9 heteroatoms. The Morgan fingerprint density at radius 1 is 1.03 bits per heavy atom. The number of carbonyl (C=O) groups excluding carboxylic acids is 2. The third kappa shape index (κ3) is 3.94. The van der Waals surface area contributed by atoms with Crippen molar-refractivity contribution in [2.24, 2.45) is 0 Å². The molecule has 0 radical (unpaired) electrons. The van der Waals surface area contributed by atoms with Crippen LogP contribution in [0.2, 0.25) is 0 Å². The first-order chi connectivity index (χ1) is 17.7. The van der Waals surface area contributed by atoms with Crippen LogP contribution in [0.3, 0.4) is 0 Å². The summed E-state index contributed by atoms with van der Waals surface area (Å²) in [7, 11) is 0. The maximum atomic E-state index is 13.8. The van der Waals surface area contributed by atoms with E-state index in [0.717, 1.165) is 11.1 Å². The van der Waals surface area contributed by atoms with E-state index in [2.05, 4.69) is 0 Å². The molecule has 1 atom stereocenters. The molecule has 5 rings (SSSR count). The van der Waals surface area contributed by atoms with E-state index in [9.17, 15) is 24.5 Å². The van der Waals surface area contributed by atoms with Gasteiger partial charge in [-0.25, -0.2) is 4.79 Å². The topological polar surface area (TPSA) is 120 Å². The summed E-state index contributed by atoms with van der Waals surface area (Å²) in [6.45, 7) is 5.71. The van der Waals surface area contributed by atoms with E-state index in [1.165, 1.54) is 41.3 Å². The number of rotatable bonds is 5. The van der Waals surface area contributed by atoms with Gasteiger partial charge in [0.25, 0.3) is 11.6 Å². The van der Waals surface area contributed by atoms with Crippen molar-refractivity contribution in [3.05, 3.63) is 115 Å². The highest BCUT2D eigenvalue weighted by Gasteiger charge is 2.43. The first kappa shape index (κ1) is 23.9. The number of nitro groups is 1. The second kappa shape index (κ2) is 9.02. The number of non-ortho nitro benzene ring substituents is 1. The van der Waals surface area contributed by atoms with Crippen molar-refractivity contribution >= 4 is 34.2 Å². The van der Waals surface area contributed by atoms with Gasteiger partial charge in [-0.3, -0.25) is 24.6 Å². The SMILES string of the molecule is CCOC(=O)c1ccc(N2C(=O)c3oc4cc(C)c(C)cc4c(=O)c3C2c2ccc([N+](=O)[O-])cc2)cc1. The summed E-state index contributed by atoms with van der Waals surface area (Å²) in [5.74, 6) is -1.11. The fourth-order valence-corrected chi connectivity index (χ4v) is 4.56. The zero-order chi connectivity index (χ0) is 26.4. The number of nitrogens with zero attached hydrogens (tertiary/aromatic N) is 2. The van der Waals surface area contributed by atoms with Crippen LogP contribution >= 0.6 is 0 Å². The minimum absolute atomic E-state index is 0.0847. The van der Waals surface area contributed by atoms with Gasteiger partial charge in [0.1, 0.15) is 5.58 Å². The summed E-state index contributed by atoms with van der Waals surface area (Å²) in [5.41, 5.74) is 3.06. The monoisotopic (exact) mass is 498 g/mol. The molecule has 4 aromatic rings. The van der Waals surface area contributed by atoms with Gasteiger partial charge in [-0.15, -0.1) is 0 Å². The molecule has 9 nitrogen and oxygen atoms in total. The van der Waals surface area contributed by atoms with Gasteiger partial charge >= 0.3 is 5.97 Å². The number of amides is 1. The Hall–Kier alpha value is -4.79. The molecule has 0 saturated heterocycles. The average molecular weight is 498 g/mol. The van der Waals surface area contributed by atoms with Crippen molar-refractivity contribution in [2.75, 3.05) is 11.5 Å². The van der Waals surface area contributed by atoms with Crippen LogP contribution in [0.5, 0.6) is 0 Å². The average Bonchev–Trinajstić information content (AvgIpc) is 3.18. The molecule has 3 aromatic carbocycles. The number of anilines is 1. The Kier molecular flexibility index (Phi) is 5.83. The molecule has 1 aliphatic heterocycles. The Morgan fingerprint density at radius 2 is 1.68 bits per heavy atom. The summed E-state index contributed by atoms with van der Waals surface area (Å²) in [6.07, 6.45) is 0. The second-order valence-corrected chi connectivity index (χ2v) is 8.80. The maximum Gasteiger partial charge on any atom is 0.338 e. The highest BCUT2D eigenvalue weighted by molar-refractivity contribution is 6.11. The molecule has 186 valence electrons. The number of ether oxygens (including phenoxy) is 1. The van der Waals surface area contributed by atoms with Crippen molar-refractivity contribution in [3.8, 4) is 0 Å². The molecule has 0 saturated carbocycles. The summed E-state index contributed by atoms with van der Waals surface area (Å²) in [5, 5.41) is 11.5. The van der Waals surface area contributed by atoms with E-state index in [1.54, 1.807) is 31.2 Å². The van der Waals surface area contributed by atoms with Crippen LogP contribution < -0.4 is 10.3 Å². The highest BCUT2D eigenvalue weighted by Crippen LogP contribution is 2.41. The zero-order valence-electron chi connectivity index (χ0n) is 20.3. The Morgan fingerprint density at radius 3 is 2.30 bits per heavy atom. The number of nitro benzene ring substituents is 1. The fourth-order valence-electron chi connectivity index (χ4n) is 4.56. The van der Waals surface area contributed by atoms with Crippen molar-refractivity contribution in [2.45, 2.75) is 26.8 Å². The summed E-state index contributed by atoms with van der Waals surface area (Å²) in [6, 6.07) is 14.5. The van der Waals surface area contributed by atoms with Crippen LogP contribution in [0.15, 0.2) is 69.9 Å². The third-order valence-electron chi connectivity index (χ3n) is 6.56. The number of hydrogen-bond acceptors (Lipinski definition) is 7. The lowest BCUT2D eigenvalue weighted by atomic mass is 9.97. The molecule has 0 aliphatic carbocycles. The summed E-state index contributed by atoms with van der Waals surface area (Å²) in [4.78, 5) is 51.7. The summed E-state index contributed by atoms with van der Waals surface area (Å²) >= 11 is 0. The molecule has 0 spiro atoms. The maximum absolute atomic E-state index is 13.8. The van der Waals surface area contributed by atoms with E-state index < -0.39 is 22.8 Å². The quantitative estimate of drug-likeness (QED) is 0.209. The van der Waals surface area contributed by atoms with Gasteiger partial charge in [0.2, 0.25) is 5.76 Å². The number of aryl methyl sites for hydroxylation is 2. The standard InChI is InChI=1S/C28H22N2O7/c1-4-36-28(33)18-7-9-19(10-8-18)29-24(17-5-11-20(12-6-17)30(34)35)23-25(31)21-13-15(2)16(3)14-22(21)37-26(23)27(29)32/h5-14,24H,4H2,1-3H3. The fraction of sp³-hybridized carbons (Fsp3) is 0.179. The van der Waals surface area contributed by atoms with Crippen molar-refractivity contribution in [1.82, 2.24) is 0 Å². The third-order valence-corrected chi connectivity index (χ3v) is 6.56. The molecule has 1 unspecified atom stereocenters. The molecule has 1 aliphatic rings. The van der Waals surface area contributed by atoms with Crippen LogP contribution in [-0.4, -0.2) is 23.4 Å². The summed E-state index contributed by atoms with van der Waals surface area (Å²) < 4.78 is 11.1. The lowest BCUT2D eigenvalue weighted by Gasteiger charge is -2.25. The van der Waals surface area contributed by atoms with E-state index in [1.807, 2.05) is 13.8 Å². The first-order valence-electron chi connectivity index (χ1n) is 11.6. The van der Waals surface area contributed by atoms with Crippen LogP contribution in [0.25, 0.3) is 11.0 Å². The van der Waals surface area contributed by atoms with Gasteiger partial charge in [0.05, 0.1) is 34.1 Å². The first-order valence-corrected chi connectivity index (χ1v) is 11.6. The molecule has 2 heterocycles. The Bertz CT molecular complexity index is 1640. The van der Waals surface area contributed by atoms with Crippen LogP contribution in [0.4, 0.5) is 11.4 Å². The van der Waals surface area contributed by atoms with E-state index in [0.29, 0.717) is 27.8 Å². The number of fused-ring (bicyclic) bond motifs is 2. The lowest BCUT2D eigenvalue weighted by molar-refractivity contribution is -0.384.